The molecule has 1 aliphatic carbocycles. The van der Waals surface area contributed by atoms with E-state index in [1.807, 2.05) is 0 Å². The molecule has 0 N–H and O–H groups in total. The average Bonchev–Trinajstić information content (AvgIpc) is 2.66. The molecule has 0 spiro atoms. The molecule has 28 heavy (non-hydrogen) atoms. The highest BCUT2D eigenvalue weighted by molar-refractivity contribution is 9.09. The predicted molar refractivity (Wildman–Crippen MR) is 108 cm³/mol. The zero-order chi connectivity index (χ0) is 20.6. The van der Waals surface area contributed by atoms with E-state index in [1.165, 1.54) is 55.6 Å². The Morgan fingerprint density at radius 3 is 2.25 bits per heavy atom. The quantitative estimate of drug-likeness (QED) is 0.310. The van der Waals surface area contributed by atoms with Gasteiger partial charge >= 0.3 is 12.3 Å². The molecule has 1 saturated carbocycles. The topological polar surface area (TPSA) is 29.5 Å². The minimum atomic E-state index is -4.40. The van der Waals surface area contributed by atoms with Crippen LogP contribution in [0.3, 0.4) is 0 Å². The summed E-state index contributed by atoms with van der Waals surface area (Å²) in [5.74, 6) is 1.39. The molecule has 0 saturated heterocycles. The maximum Gasteiger partial charge on any atom is 0.416 e. The van der Waals surface area contributed by atoms with Crippen LogP contribution >= 0.6 is 15.9 Å². The summed E-state index contributed by atoms with van der Waals surface area (Å²) < 4.78 is 42.9. The minimum absolute atomic E-state index is 0.122. The van der Waals surface area contributed by atoms with Crippen LogP contribution in [0.15, 0.2) is 24.3 Å². The van der Waals surface area contributed by atoms with Crippen molar-refractivity contribution in [2.24, 2.45) is 11.8 Å². The van der Waals surface area contributed by atoms with E-state index in [0.29, 0.717) is 12.5 Å². The molecular formula is C21H29BrF3NO2. The molecule has 1 aromatic carbocycles. The van der Waals surface area contributed by atoms with Gasteiger partial charge in [0.2, 0.25) is 0 Å². The van der Waals surface area contributed by atoms with Crippen LogP contribution in [0.1, 0.15) is 56.9 Å². The number of carbonyl (C=O) groups is 1. The summed E-state index contributed by atoms with van der Waals surface area (Å²) in [6.07, 6.45) is 4.82. The van der Waals surface area contributed by atoms with Gasteiger partial charge in [-0.05, 0) is 55.4 Å². The third kappa shape index (κ3) is 7.64. The van der Waals surface area contributed by atoms with Crippen molar-refractivity contribution in [1.29, 1.82) is 0 Å². The molecule has 1 fully saturated rings. The average molecular weight is 464 g/mol. The van der Waals surface area contributed by atoms with Gasteiger partial charge in [-0.15, -0.1) is 0 Å². The van der Waals surface area contributed by atoms with Gasteiger partial charge in [-0.1, -0.05) is 48.0 Å². The summed E-state index contributed by atoms with van der Waals surface area (Å²) in [4.78, 5) is 13.7. The van der Waals surface area contributed by atoms with Crippen molar-refractivity contribution in [2.45, 2.75) is 57.5 Å². The predicted octanol–water partition coefficient (Wildman–Crippen LogP) is 6.90. The van der Waals surface area contributed by atoms with Gasteiger partial charge in [0.1, 0.15) is 5.75 Å². The number of rotatable bonds is 8. The highest BCUT2D eigenvalue weighted by Crippen LogP contribution is 2.33. The van der Waals surface area contributed by atoms with Crippen LogP contribution in [0.5, 0.6) is 5.75 Å². The molecule has 2 rings (SSSR count). The van der Waals surface area contributed by atoms with Crippen molar-refractivity contribution in [1.82, 2.24) is 4.90 Å². The Balaban J connectivity index is 1.71. The molecular weight excluding hydrogens is 435 g/mol. The first-order valence-corrected chi connectivity index (χ1v) is 11.1. The van der Waals surface area contributed by atoms with E-state index in [1.54, 1.807) is 7.05 Å². The Bertz CT molecular complexity index is 599. The molecule has 158 valence electrons. The van der Waals surface area contributed by atoms with Crippen LogP contribution in [-0.2, 0) is 6.18 Å². The van der Waals surface area contributed by atoms with Crippen LogP contribution in [0, 0.1) is 11.8 Å². The third-order valence-electron chi connectivity index (χ3n) is 5.44. The van der Waals surface area contributed by atoms with E-state index in [-0.39, 0.29) is 5.75 Å². The molecule has 7 heteroatoms. The van der Waals surface area contributed by atoms with E-state index < -0.39 is 17.8 Å². The number of nitrogens with zero attached hydrogens (tertiary/aromatic N) is 1. The number of hydrogen-bond acceptors (Lipinski definition) is 2. The molecule has 0 heterocycles. The normalized spacial score (nSPS) is 20.0. The van der Waals surface area contributed by atoms with Crippen molar-refractivity contribution in [2.75, 3.05) is 18.9 Å². The number of halogens is 4. The molecule has 0 atom stereocenters. The molecule has 0 aliphatic heterocycles. The Hall–Kier alpha value is -1.24. The lowest BCUT2D eigenvalue weighted by Crippen LogP contribution is -2.35. The van der Waals surface area contributed by atoms with Gasteiger partial charge < -0.3 is 9.64 Å². The SMILES string of the molecule is CN(C[C@H]1CC[C@H](CCCCCBr)CC1)C(=O)Oc1ccc(C(F)(F)F)cc1. The number of alkyl halides is 4. The number of hydrogen-bond donors (Lipinski definition) is 0. The number of amides is 1. The molecule has 1 amide bonds. The highest BCUT2D eigenvalue weighted by atomic mass is 79.9. The molecule has 1 aromatic rings. The first kappa shape index (κ1) is 23.0. The van der Waals surface area contributed by atoms with E-state index in [4.69, 9.17) is 4.74 Å². The monoisotopic (exact) mass is 463 g/mol. The standard InChI is InChI=1S/C21H29BrF3NO2/c1-26(15-17-8-6-16(7-9-17)5-3-2-4-14-22)20(27)28-19-12-10-18(11-13-19)21(23,24)25/h10-13,16-17H,2-9,14-15H2,1H3/t16-,17-. The molecule has 0 bridgehead atoms. The number of carbonyl (C=O) groups excluding carboxylic acids is 1. The molecule has 3 nitrogen and oxygen atoms in total. The summed E-state index contributed by atoms with van der Waals surface area (Å²) in [5.41, 5.74) is -0.760. The van der Waals surface area contributed by atoms with E-state index in [9.17, 15) is 18.0 Å². The second kappa shape index (κ2) is 11.1. The van der Waals surface area contributed by atoms with Crippen molar-refractivity contribution in [3.63, 3.8) is 0 Å². The van der Waals surface area contributed by atoms with Crippen LogP contribution in [0.2, 0.25) is 0 Å². The Morgan fingerprint density at radius 1 is 1.07 bits per heavy atom. The van der Waals surface area contributed by atoms with Crippen molar-refractivity contribution >= 4 is 22.0 Å². The van der Waals surface area contributed by atoms with Gasteiger partial charge in [0, 0.05) is 18.9 Å². The summed E-state index contributed by atoms with van der Waals surface area (Å²) >= 11 is 3.46. The number of benzene rings is 1. The first-order chi connectivity index (χ1) is 13.3. The van der Waals surface area contributed by atoms with Gasteiger partial charge in [0.15, 0.2) is 0 Å². The van der Waals surface area contributed by atoms with E-state index >= 15 is 0 Å². The van der Waals surface area contributed by atoms with Crippen LogP contribution in [0.4, 0.5) is 18.0 Å². The molecule has 0 unspecified atom stereocenters. The second-order valence-corrected chi connectivity index (χ2v) is 8.49. The van der Waals surface area contributed by atoms with Crippen molar-refractivity contribution < 1.29 is 22.7 Å². The lowest BCUT2D eigenvalue weighted by Gasteiger charge is -2.31. The smallest absolute Gasteiger partial charge is 0.410 e. The minimum Gasteiger partial charge on any atom is -0.410 e. The zero-order valence-corrected chi connectivity index (χ0v) is 17.9. The van der Waals surface area contributed by atoms with Crippen molar-refractivity contribution in [3.05, 3.63) is 29.8 Å². The zero-order valence-electron chi connectivity index (χ0n) is 16.3. The van der Waals surface area contributed by atoms with Gasteiger partial charge in [0.25, 0.3) is 0 Å². The number of ether oxygens (including phenoxy) is 1. The number of unbranched alkanes of at least 4 members (excludes halogenated alkanes) is 2. The summed E-state index contributed by atoms with van der Waals surface area (Å²) in [6.45, 7) is 0.621. The van der Waals surface area contributed by atoms with Gasteiger partial charge in [0.05, 0.1) is 5.56 Å². The van der Waals surface area contributed by atoms with Crippen LogP contribution in [-0.4, -0.2) is 29.9 Å². The lowest BCUT2D eigenvalue weighted by molar-refractivity contribution is -0.137. The van der Waals surface area contributed by atoms with Crippen molar-refractivity contribution in [3.8, 4) is 5.75 Å². The largest absolute Gasteiger partial charge is 0.416 e. The summed E-state index contributed by atoms with van der Waals surface area (Å²) in [7, 11) is 1.68. The third-order valence-corrected chi connectivity index (χ3v) is 6.00. The fraction of sp³-hybridized carbons (Fsp3) is 0.667. The van der Waals surface area contributed by atoms with Crippen LogP contribution < -0.4 is 4.74 Å². The summed E-state index contributed by atoms with van der Waals surface area (Å²) in [5, 5.41) is 1.08. The van der Waals surface area contributed by atoms with Gasteiger partial charge in [-0.3, -0.25) is 0 Å². The Labute approximate surface area is 173 Å². The molecule has 0 aromatic heterocycles. The lowest BCUT2D eigenvalue weighted by atomic mass is 9.79. The maximum absolute atomic E-state index is 12.6. The van der Waals surface area contributed by atoms with Gasteiger partial charge in [-0.25, -0.2) is 4.79 Å². The Kier molecular flexibility index (Phi) is 9.12. The molecule has 1 aliphatic rings. The van der Waals surface area contributed by atoms with E-state index in [0.717, 1.165) is 36.2 Å². The van der Waals surface area contributed by atoms with E-state index in [2.05, 4.69) is 15.9 Å². The van der Waals surface area contributed by atoms with Gasteiger partial charge in [-0.2, -0.15) is 13.2 Å². The van der Waals surface area contributed by atoms with Crippen LogP contribution in [0.25, 0.3) is 0 Å². The molecule has 0 radical (unpaired) electrons. The highest BCUT2D eigenvalue weighted by Gasteiger charge is 2.30. The summed E-state index contributed by atoms with van der Waals surface area (Å²) in [6, 6.07) is 4.19. The Morgan fingerprint density at radius 2 is 1.68 bits per heavy atom. The fourth-order valence-electron chi connectivity index (χ4n) is 3.76. The first-order valence-electron chi connectivity index (χ1n) is 9.95. The maximum atomic E-state index is 12.6. The second-order valence-electron chi connectivity index (χ2n) is 7.70. The fourth-order valence-corrected chi connectivity index (χ4v) is 4.16.